The Labute approximate surface area is 152 Å². The van der Waals surface area contributed by atoms with Crippen LogP contribution in [0.5, 0.6) is 0 Å². The summed E-state index contributed by atoms with van der Waals surface area (Å²) >= 11 is 0. The monoisotopic (exact) mass is 344 g/mol. The maximum atomic E-state index is 13.0. The molecule has 1 aromatic rings. The molecule has 138 valence electrons. The van der Waals surface area contributed by atoms with E-state index in [4.69, 9.17) is 0 Å². The van der Waals surface area contributed by atoms with Gasteiger partial charge in [-0.2, -0.15) is 0 Å². The van der Waals surface area contributed by atoms with E-state index in [9.17, 15) is 9.59 Å². The molecule has 1 N–H and O–H groups in total. The topological polar surface area (TPSA) is 49.4 Å². The summed E-state index contributed by atoms with van der Waals surface area (Å²) in [5.74, 6) is -0.307. The van der Waals surface area contributed by atoms with E-state index in [1.54, 1.807) is 13.8 Å². The van der Waals surface area contributed by atoms with Crippen molar-refractivity contribution in [3.05, 3.63) is 29.8 Å². The number of likely N-dealkylation sites (tertiary alicyclic amines) is 1. The highest BCUT2D eigenvalue weighted by atomic mass is 16.2. The van der Waals surface area contributed by atoms with E-state index in [1.807, 2.05) is 29.2 Å². The zero-order valence-electron chi connectivity index (χ0n) is 16.3. The quantitative estimate of drug-likeness (QED) is 0.829. The summed E-state index contributed by atoms with van der Waals surface area (Å²) in [4.78, 5) is 27.7. The lowest BCUT2D eigenvalue weighted by Gasteiger charge is -2.31. The number of nitrogens with zero attached hydrogens (tertiary/aromatic N) is 1. The molecular weight excluding hydrogens is 312 g/mol. The van der Waals surface area contributed by atoms with Gasteiger partial charge in [-0.1, -0.05) is 51.8 Å². The smallest absolute Gasteiger partial charge is 0.239 e. The Morgan fingerprint density at radius 1 is 0.920 bits per heavy atom. The van der Waals surface area contributed by atoms with Crippen molar-refractivity contribution in [2.24, 2.45) is 5.41 Å². The molecule has 0 unspecified atom stereocenters. The molecule has 1 fully saturated rings. The minimum atomic E-state index is -1.07. The summed E-state index contributed by atoms with van der Waals surface area (Å²) in [6.07, 6.45) is 4.37. The zero-order chi connectivity index (χ0) is 18.7. The number of anilines is 1. The molecule has 0 aliphatic carbocycles. The molecule has 2 rings (SSSR count). The Balaban J connectivity index is 2.18. The molecule has 1 aliphatic rings. The molecule has 0 atom stereocenters. The molecule has 0 radical (unpaired) electrons. The van der Waals surface area contributed by atoms with Crippen molar-refractivity contribution in [1.82, 2.24) is 4.90 Å². The van der Waals surface area contributed by atoms with Gasteiger partial charge in [0.25, 0.3) is 0 Å². The number of carbonyl (C=O) groups excluding carboxylic acids is 2. The minimum Gasteiger partial charge on any atom is -0.342 e. The van der Waals surface area contributed by atoms with Crippen LogP contribution >= 0.6 is 0 Å². The normalized spacial score (nSPS) is 16.3. The maximum Gasteiger partial charge on any atom is 0.239 e. The molecule has 1 aliphatic heterocycles. The van der Waals surface area contributed by atoms with Gasteiger partial charge >= 0.3 is 0 Å². The molecular formula is C21H32N2O2. The van der Waals surface area contributed by atoms with Gasteiger partial charge in [-0.25, -0.2) is 0 Å². The molecule has 1 aromatic carbocycles. The van der Waals surface area contributed by atoms with Gasteiger partial charge in [-0.3, -0.25) is 9.59 Å². The van der Waals surface area contributed by atoms with Gasteiger partial charge in [0.1, 0.15) is 5.41 Å². The van der Waals surface area contributed by atoms with Crippen LogP contribution in [0.15, 0.2) is 24.3 Å². The lowest BCUT2D eigenvalue weighted by Crippen LogP contribution is -2.47. The van der Waals surface area contributed by atoms with Crippen LogP contribution in [0.4, 0.5) is 5.69 Å². The molecule has 4 heteroatoms. The van der Waals surface area contributed by atoms with Crippen LogP contribution < -0.4 is 5.32 Å². The molecule has 0 bridgehead atoms. The van der Waals surface area contributed by atoms with Gasteiger partial charge in [-0.05, 0) is 43.7 Å². The summed E-state index contributed by atoms with van der Waals surface area (Å²) in [6, 6.07) is 7.82. The van der Waals surface area contributed by atoms with Gasteiger partial charge in [0.05, 0.1) is 0 Å². The maximum absolute atomic E-state index is 13.0. The standard InChI is InChI=1S/C21H32N2O2/c1-20(2,3)16-12-8-9-13-17(16)22-18(24)21(4,5)19(25)23-14-10-6-7-11-15-23/h8-9,12-13H,6-7,10-11,14-15H2,1-5H3,(H,22,24). The number of rotatable bonds is 3. The second kappa shape index (κ2) is 7.59. The Kier molecular flexibility index (Phi) is 5.91. The average molecular weight is 344 g/mol. The van der Waals surface area contributed by atoms with Crippen molar-refractivity contribution < 1.29 is 9.59 Å². The number of benzene rings is 1. The van der Waals surface area contributed by atoms with Crippen LogP contribution in [0, 0.1) is 5.41 Å². The van der Waals surface area contributed by atoms with Crippen LogP contribution in [0.25, 0.3) is 0 Å². The van der Waals surface area contributed by atoms with Gasteiger partial charge in [-0.15, -0.1) is 0 Å². The summed E-state index contributed by atoms with van der Waals surface area (Å²) in [7, 11) is 0. The third-order valence-electron chi connectivity index (χ3n) is 4.98. The van der Waals surface area contributed by atoms with Crippen molar-refractivity contribution in [2.45, 2.75) is 65.7 Å². The first-order chi connectivity index (χ1) is 11.6. The molecule has 0 saturated carbocycles. The van der Waals surface area contributed by atoms with E-state index < -0.39 is 5.41 Å². The van der Waals surface area contributed by atoms with Crippen LogP contribution in [-0.2, 0) is 15.0 Å². The number of hydrogen-bond donors (Lipinski definition) is 1. The zero-order valence-corrected chi connectivity index (χ0v) is 16.3. The Morgan fingerprint density at radius 2 is 1.48 bits per heavy atom. The highest BCUT2D eigenvalue weighted by Crippen LogP contribution is 2.31. The molecule has 1 saturated heterocycles. The fourth-order valence-electron chi connectivity index (χ4n) is 3.29. The first-order valence-electron chi connectivity index (χ1n) is 9.34. The molecule has 0 aromatic heterocycles. The van der Waals surface area contributed by atoms with Crippen molar-refractivity contribution in [3.8, 4) is 0 Å². The molecule has 1 heterocycles. The predicted octanol–water partition coefficient (Wildman–Crippen LogP) is 4.35. The second-order valence-electron chi connectivity index (χ2n) is 8.58. The number of hydrogen-bond acceptors (Lipinski definition) is 2. The lowest BCUT2D eigenvalue weighted by molar-refractivity contribution is -0.146. The third kappa shape index (κ3) is 4.62. The minimum absolute atomic E-state index is 0.0693. The average Bonchev–Trinajstić information content (AvgIpc) is 2.82. The van der Waals surface area contributed by atoms with Crippen molar-refractivity contribution >= 4 is 17.5 Å². The van der Waals surface area contributed by atoms with Crippen molar-refractivity contribution in [1.29, 1.82) is 0 Å². The summed E-state index contributed by atoms with van der Waals surface area (Å²) in [5, 5.41) is 3.01. The van der Waals surface area contributed by atoms with Crippen LogP contribution in [0.2, 0.25) is 0 Å². The number of para-hydroxylation sites is 1. The van der Waals surface area contributed by atoms with E-state index in [-0.39, 0.29) is 17.2 Å². The molecule has 25 heavy (non-hydrogen) atoms. The Morgan fingerprint density at radius 3 is 2.04 bits per heavy atom. The van der Waals surface area contributed by atoms with Gasteiger partial charge in [0, 0.05) is 18.8 Å². The summed E-state index contributed by atoms with van der Waals surface area (Å²) in [6.45, 7) is 11.3. The summed E-state index contributed by atoms with van der Waals surface area (Å²) < 4.78 is 0. The van der Waals surface area contributed by atoms with Gasteiger partial charge < -0.3 is 10.2 Å². The Hall–Kier alpha value is -1.84. The van der Waals surface area contributed by atoms with E-state index in [0.717, 1.165) is 50.0 Å². The van der Waals surface area contributed by atoms with Crippen LogP contribution in [0.3, 0.4) is 0 Å². The highest BCUT2D eigenvalue weighted by molar-refractivity contribution is 6.10. The van der Waals surface area contributed by atoms with Crippen LogP contribution in [0.1, 0.15) is 65.9 Å². The number of amides is 2. The fourth-order valence-corrected chi connectivity index (χ4v) is 3.29. The van der Waals surface area contributed by atoms with Crippen molar-refractivity contribution in [3.63, 3.8) is 0 Å². The second-order valence-corrected chi connectivity index (χ2v) is 8.58. The predicted molar refractivity (Wildman–Crippen MR) is 103 cm³/mol. The van der Waals surface area contributed by atoms with E-state index in [1.165, 1.54) is 0 Å². The largest absolute Gasteiger partial charge is 0.342 e. The van der Waals surface area contributed by atoms with Crippen molar-refractivity contribution in [2.75, 3.05) is 18.4 Å². The highest BCUT2D eigenvalue weighted by Gasteiger charge is 2.39. The molecule has 4 nitrogen and oxygen atoms in total. The van der Waals surface area contributed by atoms with Crippen LogP contribution in [-0.4, -0.2) is 29.8 Å². The summed E-state index contributed by atoms with van der Waals surface area (Å²) in [5.41, 5.74) is 0.705. The lowest BCUT2D eigenvalue weighted by atomic mass is 9.85. The van der Waals surface area contributed by atoms with E-state index in [2.05, 4.69) is 26.1 Å². The number of carbonyl (C=O) groups is 2. The van der Waals surface area contributed by atoms with E-state index in [0.29, 0.717) is 0 Å². The number of nitrogens with one attached hydrogen (secondary N) is 1. The van der Waals surface area contributed by atoms with Gasteiger partial charge in [0.2, 0.25) is 11.8 Å². The molecule has 2 amide bonds. The Bertz CT molecular complexity index is 621. The first kappa shape index (κ1) is 19.5. The van der Waals surface area contributed by atoms with E-state index >= 15 is 0 Å². The third-order valence-corrected chi connectivity index (χ3v) is 4.98. The first-order valence-corrected chi connectivity index (χ1v) is 9.34. The fraction of sp³-hybridized carbons (Fsp3) is 0.619. The molecule has 0 spiro atoms. The van der Waals surface area contributed by atoms with Gasteiger partial charge in [0.15, 0.2) is 0 Å². The SMILES string of the molecule is CC(C)(C(=O)Nc1ccccc1C(C)(C)C)C(=O)N1CCCCCC1.